The van der Waals surface area contributed by atoms with E-state index in [0.717, 1.165) is 0 Å². The molecule has 0 saturated carbocycles. The van der Waals surface area contributed by atoms with Crippen LogP contribution in [0, 0.1) is 0 Å². The first-order valence-corrected chi connectivity index (χ1v) is 3.63. The summed E-state index contributed by atoms with van der Waals surface area (Å²) in [4.78, 5) is 1.48. The quantitative estimate of drug-likeness (QED) is 0.485. The summed E-state index contributed by atoms with van der Waals surface area (Å²) >= 11 is 0. The molecule has 0 spiro atoms. The molecule has 0 atom stereocenters. The summed E-state index contributed by atoms with van der Waals surface area (Å²) in [6.07, 6.45) is 3.78. The van der Waals surface area contributed by atoms with E-state index in [9.17, 15) is 4.39 Å². The van der Waals surface area contributed by atoms with Crippen LogP contribution in [0.5, 0.6) is 0 Å². The lowest BCUT2D eigenvalue weighted by molar-refractivity contribution is 0.308. The summed E-state index contributed by atoms with van der Waals surface area (Å²) in [6.45, 7) is 5.81. The first-order valence-electron chi connectivity index (χ1n) is 3.63. The molecule has 0 saturated heterocycles. The highest BCUT2D eigenvalue weighted by atomic mass is 19.1. The van der Waals surface area contributed by atoms with Gasteiger partial charge in [-0.15, -0.1) is 0 Å². The van der Waals surface area contributed by atoms with Crippen molar-refractivity contribution in [2.45, 2.75) is 13.3 Å². The van der Waals surface area contributed by atoms with Gasteiger partial charge in [0.25, 0.3) is 0 Å². The topological polar surface area (TPSA) is 15.3 Å². The van der Waals surface area contributed by atoms with E-state index in [0.29, 0.717) is 13.1 Å². The van der Waals surface area contributed by atoms with E-state index in [-0.39, 0.29) is 5.95 Å². The minimum absolute atomic E-state index is 0.207. The molecule has 2 nitrogen and oxygen atoms in total. The zero-order valence-corrected chi connectivity index (χ0v) is 7.10. The van der Waals surface area contributed by atoms with Crippen molar-refractivity contribution in [3.8, 4) is 0 Å². The molecule has 0 rings (SSSR count). The summed E-state index contributed by atoms with van der Waals surface area (Å²) in [5, 5.41) is 2.80. The maximum Gasteiger partial charge on any atom is 0.186 e. The molecule has 0 radical (unpaired) electrons. The average Bonchev–Trinajstić information content (AvgIpc) is 2.00. The van der Waals surface area contributed by atoms with Gasteiger partial charge < -0.3 is 10.2 Å². The van der Waals surface area contributed by atoms with Crippen molar-refractivity contribution in [1.29, 1.82) is 0 Å². The number of nitrogens with zero attached hydrogens (tertiary/aromatic N) is 1. The lowest BCUT2D eigenvalue weighted by atomic mass is 10.4. The highest BCUT2D eigenvalue weighted by Gasteiger charge is 1.98. The Hall–Kier alpha value is -0.990. The van der Waals surface area contributed by atoms with E-state index in [1.54, 1.807) is 7.05 Å². The van der Waals surface area contributed by atoms with Crippen molar-refractivity contribution in [1.82, 2.24) is 10.2 Å². The number of halogens is 1. The largest absolute Gasteiger partial charge is 0.374 e. The predicted octanol–water partition coefficient (Wildman–Crippen LogP) is 1.83. The summed E-state index contributed by atoms with van der Waals surface area (Å²) < 4.78 is 12.8. The number of hydrogen-bond acceptors (Lipinski definition) is 2. The van der Waals surface area contributed by atoms with Crippen LogP contribution in [-0.2, 0) is 0 Å². The standard InChI is InChI=1S/C8H15FN2/c1-4-6-8(9)11(3)7-10-5-2/h5-6,10H,2,4,7H2,1,3H3/b8-6-. The molecule has 0 aromatic carbocycles. The van der Waals surface area contributed by atoms with Gasteiger partial charge in [0, 0.05) is 7.05 Å². The van der Waals surface area contributed by atoms with Crippen LogP contribution in [-0.4, -0.2) is 18.6 Å². The molecule has 0 aliphatic carbocycles. The van der Waals surface area contributed by atoms with Gasteiger partial charge in [-0.25, -0.2) is 0 Å². The Morgan fingerprint density at radius 2 is 2.36 bits per heavy atom. The molecule has 64 valence electrons. The Morgan fingerprint density at radius 3 is 2.82 bits per heavy atom. The molecule has 0 aliphatic heterocycles. The Morgan fingerprint density at radius 1 is 1.73 bits per heavy atom. The Labute approximate surface area is 67.4 Å². The van der Waals surface area contributed by atoms with Gasteiger partial charge in [0.05, 0.1) is 6.67 Å². The van der Waals surface area contributed by atoms with Gasteiger partial charge in [-0.1, -0.05) is 13.5 Å². The zero-order chi connectivity index (χ0) is 8.69. The van der Waals surface area contributed by atoms with Crippen LogP contribution in [0.1, 0.15) is 13.3 Å². The van der Waals surface area contributed by atoms with Gasteiger partial charge in [0.1, 0.15) is 0 Å². The molecular weight excluding hydrogens is 143 g/mol. The SMILES string of the molecule is C=CNCN(C)/C(F)=C\CC. The Bertz CT molecular complexity index is 143. The fourth-order valence-electron chi connectivity index (χ4n) is 0.601. The first-order chi connectivity index (χ1) is 5.22. The maximum absolute atomic E-state index is 12.8. The highest BCUT2D eigenvalue weighted by Crippen LogP contribution is 2.01. The summed E-state index contributed by atoms with van der Waals surface area (Å²) in [5.74, 6) is -0.207. The predicted molar refractivity (Wildman–Crippen MR) is 45.4 cm³/mol. The molecule has 3 heteroatoms. The minimum Gasteiger partial charge on any atom is -0.374 e. The normalized spacial score (nSPS) is 11.0. The molecule has 0 amide bonds. The smallest absolute Gasteiger partial charge is 0.186 e. The van der Waals surface area contributed by atoms with Crippen molar-refractivity contribution in [3.05, 3.63) is 24.8 Å². The second kappa shape index (κ2) is 5.77. The van der Waals surface area contributed by atoms with Crippen LogP contribution in [0.3, 0.4) is 0 Å². The van der Waals surface area contributed by atoms with Gasteiger partial charge in [-0.3, -0.25) is 0 Å². The lowest BCUT2D eigenvalue weighted by Crippen LogP contribution is -2.25. The van der Waals surface area contributed by atoms with Gasteiger partial charge in [-0.05, 0) is 18.7 Å². The zero-order valence-electron chi connectivity index (χ0n) is 7.10. The molecule has 0 aromatic heterocycles. The average molecular weight is 158 g/mol. The Kier molecular flexibility index (Phi) is 5.25. The molecule has 0 aromatic rings. The van der Waals surface area contributed by atoms with Gasteiger partial charge in [-0.2, -0.15) is 4.39 Å². The summed E-state index contributed by atoms with van der Waals surface area (Å²) in [7, 11) is 1.68. The van der Waals surface area contributed by atoms with Gasteiger partial charge in [0.2, 0.25) is 0 Å². The molecular formula is C8H15FN2. The van der Waals surface area contributed by atoms with Crippen molar-refractivity contribution >= 4 is 0 Å². The van der Waals surface area contributed by atoms with E-state index < -0.39 is 0 Å². The van der Waals surface area contributed by atoms with Crippen molar-refractivity contribution in [2.75, 3.05) is 13.7 Å². The number of nitrogens with one attached hydrogen (secondary N) is 1. The van der Waals surface area contributed by atoms with Crippen molar-refractivity contribution in [3.63, 3.8) is 0 Å². The van der Waals surface area contributed by atoms with Crippen LogP contribution in [0.15, 0.2) is 24.8 Å². The van der Waals surface area contributed by atoms with E-state index in [1.807, 2.05) is 6.92 Å². The first kappa shape index (κ1) is 10.0. The molecule has 0 heterocycles. The van der Waals surface area contributed by atoms with E-state index >= 15 is 0 Å². The molecule has 1 N–H and O–H groups in total. The fourth-order valence-corrected chi connectivity index (χ4v) is 0.601. The molecule has 0 fully saturated rings. The maximum atomic E-state index is 12.8. The summed E-state index contributed by atoms with van der Waals surface area (Å²) in [5.41, 5.74) is 0. The highest BCUT2D eigenvalue weighted by molar-refractivity contribution is 4.89. The van der Waals surface area contributed by atoms with E-state index in [2.05, 4.69) is 11.9 Å². The van der Waals surface area contributed by atoms with Crippen molar-refractivity contribution in [2.24, 2.45) is 0 Å². The second-order valence-corrected chi connectivity index (χ2v) is 2.20. The van der Waals surface area contributed by atoms with Crippen LogP contribution in [0.25, 0.3) is 0 Å². The third kappa shape index (κ3) is 4.42. The number of rotatable bonds is 5. The molecule has 11 heavy (non-hydrogen) atoms. The van der Waals surface area contributed by atoms with Crippen LogP contribution >= 0.6 is 0 Å². The van der Waals surface area contributed by atoms with Crippen LogP contribution in [0.4, 0.5) is 4.39 Å². The van der Waals surface area contributed by atoms with E-state index in [4.69, 9.17) is 0 Å². The summed E-state index contributed by atoms with van der Waals surface area (Å²) in [6, 6.07) is 0. The number of hydrogen-bond donors (Lipinski definition) is 1. The minimum atomic E-state index is -0.207. The molecule has 0 bridgehead atoms. The van der Waals surface area contributed by atoms with Crippen LogP contribution < -0.4 is 5.32 Å². The van der Waals surface area contributed by atoms with Crippen LogP contribution in [0.2, 0.25) is 0 Å². The van der Waals surface area contributed by atoms with Crippen molar-refractivity contribution < 1.29 is 4.39 Å². The Balaban J connectivity index is 3.71. The number of allylic oxidation sites excluding steroid dienone is 1. The molecule has 0 unspecified atom stereocenters. The van der Waals surface area contributed by atoms with Gasteiger partial charge in [0.15, 0.2) is 5.95 Å². The molecule has 0 aliphatic rings. The lowest BCUT2D eigenvalue weighted by Gasteiger charge is -2.15. The second-order valence-electron chi connectivity index (χ2n) is 2.20. The third-order valence-electron chi connectivity index (χ3n) is 1.21. The monoisotopic (exact) mass is 158 g/mol. The third-order valence-corrected chi connectivity index (χ3v) is 1.21. The fraction of sp³-hybridized carbons (Fsp3) is 0.500. The van der Waals surface area contributed by atoms with Gasteiger partial charge >= 0.3 is 0 Å². The van der Waals surface area contributed by atoms with E-state index in [1.165, 1.54) is 17.2 Å².